The summed E-state index contributed by atoms with van der Waals surface area (Å²) < 4.78 is 1.03. The molecule has 0 unspecified atom stereocenters. The SMILES string of the molecule is CCc1ccc(N(C(=O)CCC(=O)N2CCc3sccc3C2)c2nc3ccccc3s2)cc1. The fourth-order valence-electron chi connectivity index (χ4n) is 4.14. The van der Waals surface area contributed by atoms with Gasteiger partial charge in [0.2, 0.25) is 11.8 Å². The van der Waals surface area contributed by atoms with Crippen LogP contribution >= 0.6 is 22.7 Å². The molecule has 7 heteroatoms. The van der Waals surface area contributed by atoms with Crippen molar-refractivity contribution in [2.75, 3.05) is 11.4 Å². The van der Waals surface area contributed by atoms with Gasteiger partial charge in [0.05, 0.1) is 15.9 Å². The Bertz CT molecular complexity index is 1260. The molecule has 0 fully saturated rings. The van der Waals surface area contributed by atoms with Crippen LogP contribution in [0.15, 0.2) is 60.0 Å². The molecule has 5 rings (SSSR count). The number of fused-ring (bicyclic) bond motifs is 2. The number of benzene rings is 2. The van der Waals surface area contributed by atoms with E-state index in [0.717, 1.165) is 35.3 Å². The van der Waals surface area contributed by atoms with Gasteiger partial charge in [-0.15, -0.1) is 11.3 Å². The van der Waals surface area contributed by atoms with Gasteiger partial charge in [-0.1, -0.05) is 42.5 Å². The predicted octanol–water partition coefficient (Wildman–Crippen LogP) is 5.95. The molecule has 5 nitrogen and oxygen atoms in total. The van der Waals surface area contributed by atoms with Gasteiger partial charge in [0.15, 0.2) is 5.13 Å². The van der Waals surface area contributed by atoms with Crippen molar-refractivity contribution in [2.24, 2.45) is 0 Å². The van der Waals surface area contributed by atoms with E-state index in [9.17, 15) is 9.59 Å². The van der Waals surface area contributed by atoms with Crippen molar-refractivity contribution in [3.8, 4) is 0 Å². The summed E-state index contributed by atoms with van der Waals surface area (Å²) in [7, 11) is 0. The second-order valence-corrected chi connectivity index (χ2v) is 10.2. The van der Waals surface area contributed by atoms with Gasteiger partial charge in [-0.2, -0.15) is 0 Å². The number of rotatable bonds is 6. The molecule has 4 aromatic rings. The lowest BCUT2D eigenvalue weighted by atomic mass is 10.1. The molecule has 0 spiro atoms. The average Bonchev–Trinajstić information content (AvgIpc) is 3.49. The first-order valence-corrected chi connectivity index (χ1v) is 12.9. The van der Waals surface area contributed by atoms with Crippen molar-refractivity contribution in [1.82, 2.24) is 9.88 Å². The summed E-state index contributed by atoms with van der Waals surface area (Å²) in [5.74, 6) is -0.0781. The molecule has 33 heavy (non-hydrogen) atoms. The van der Waals surface area contributed by atoms with Gasteiger partial charge in [-0.25, -0.2) is 4.98 Å². The van der Waals surface area contributed by atoms with E-state index in [1.807, 2.05) is 53.4 Å². The molecular weight excluding hydrogens is 450 g/mol. The molecule has 1 aliphatic heterocycles. The fourth-order valence-corrected chi connectivity index (χ4v) is 6.04. The van der Waals surface area contributed by atoms with Gasteiger partial charge in [0, 0.05) is 30.8 Å². The first-order chi connectivity index (χ1) is 16.1. The standard InChI is InChI=1S/C26H25N3O2S2/c1-2-18-7-9-20(10-8-18)29(26-27-21-5-3-4-6-23(21)33-26)25(31)12-11-24(30)28-15-13-22-19(17-28)14-16-32-22/h3-10,14,16H,2,11-13,15,17H2,1H3. The highest BCUT2D eigenvalue weighted by molar-refractivity contribution is 7.22. The molecule has 0 atom stereocenters. The van der Waals surface area contributed by atoms with E-state index in [2.05, 4.69) is 18.4 Å². The highest BCUT2D eigenvalue weighted by Crippen LogP contribution is 2.34. The molecule has 0 aliphatic carbocycles. The van der Waals surface area contributed by atoms with E-state index in [-0.39, 0.29) is 24.7 Å². The smallest absolute Gasteiger partial charge is 0.233 e. The van der Waals surface area contributed by atoms with E-state index in [1.165, 1.54) is 27.3 Å². The Hall–Kier alpha value is -3.03. The van der Waals surface area contributed by atoms with Gasteiger partial charge < -0.3 is 4.90 Å². The zero-order valence-electron chi connectivity index (χ0n) is 18.5. The maximum atomic E-state index is 13.4. The van der Waals surface area contributed by atoms with Gasteiger partial charge in [-0.05, 0) is 59.7 Å². The van der Waals surface area contributed by atoms with Crippen molar-refractivity contribution >= 4 is 55.5 Å². The number of amides is 2. The van der Waals surface area contributed by atoms with Crippen molar-refractivity contribution in [3.63, 3.8) is 0 Å². The largest absolute Gasteiger partial charge is 0.338 e. The molecule has 168 valence electrons. The molecule has 0 bridgehead atoms. The second kappa shape index (κ2) is 9.45. The molecule has 2 amide bonds. The van der Waals surface area contributed by atoms with Crippen molar-refractivity contribution in [2.45, 2.75) is 39.2 Å². The average molecular weight is 476 g/mol. The van der Waals surface area contributed by atoms with Crippen LogP contribution in [-0.2, 0) is 29.0 Å². The Morgan fingerprint density at radius 1 is 1.06 bits per heavy atom. The van der Waals surface area contributed by atoms with E-state index < -0.39 is 0 Å². The quantitative estimate of drug-likeness (QED) is 0.346. The van der Waals surface area contributed by atoms with Crippen molar-refractivity contribution < 1.29 is 9.59 Å². The first-order valence-electron chi connectivity index (χ1n) is 11.2. The number of carbonyl (C=O) groups is 2. The lowest BCUT2D eigenvalue weighted by Gasteiger charge is -2.27. The Morgan fingerprint density at radius 2 is 1.88 bits per heavy atom. The van der Waals surface area contributed by atoms with Crippen LogP contribution in [0.2, 0.25) is 0 Å². The summed E-state index contributed by atoms with van der Waals surface area (Å²) in [5, 5.41) is 2.72. The third kappa shape index (κ3) is 4.56. The van der Waals surface area contributed by atoms with Crippen molar-refractivity contribution in [1.29, 1.82) is 0 Å². The zero-order chi connectivity index (χ0) is 22.8. The summed E-state index contributed by atoms with van der Waals surface area (Å²) in [6, 6.07) is 18.0. The van der Waals surface area contributed by atoms with Crippen molar-refractivity contribution in [3.05, 3.63) is 76.0 Å². The monoisotopic (exact) mass is 475 g/mol. The number of aromatic nitrogens is 1. The molecule has 2 aromatic heterocycles. The third-order valence-electron chi connectivity index (χ3n) is 6.04. The van der Waals surface area contributed by atoms with E-state index >= 15 is 0 Å². The molecule has 0 saturated heterocycles. The highest BCUT2D eigenvalue weighted by Gasteiger charge is 2.25. The lowest BCUT2D eigenvalue weighted by molar-refractivity contribution is -0.133. The summed E-state index contributed by atoms with van der Waals surface area (Å²) in [4.78, 5) is 36.0. The Labute approximate surface area is 201 Å². The van der Waals surface area contributed by atoms with Crippen LogP contribution in [0, 0.1) is 0 Å². The lowest BCUT2D eigenvalue weighted by Crippen LogP contribution is -2.36. The minimum Gasteiger partial charge on any atom is -0.338 e. The maximum absolute atomic E-state index is 13.4. The third-order valence-corrected chi connectivity index (χ3v) is 8.08. The van der Waals surface area contributed by atoms with Crippen LogP contribution in [0.4, 0.5) is 10.8 Å². The Kier molecular flexibility index (Phi) is 6.24. The van der Waals surface area contributed by atoms with Crippen LogP contribution < -0.4 is 4.90 Å². The fraction of sp³-hybridized carbons (Fsp3) is 0.269. The zero-order valence-corrected chi connectivity index (χ0v) is 20.1. The summed E-state index contributed by atoms with van der Waals surface area (Å²) >= 11 is 3.25. The Morgan fingerprint density at radius 3 is 2.67 bits per heavy atom. The van der Waals surface area contributed by atoms with E-state index in [4.69, 9.17) is 4.98 Å². The summed E-state index contributed by atoms with van der Waals surface area (Å²) in [5.41, 5.74) is 4.10. The number of nitrogens with zero attached hydrogens (tertiary/aromatic N) is 3. The number of thiophene rings is 1. The summed E-state index contributed by atoms with van der Waals surface area (Å²) in [6.45, 7) is 3.48. The number of para-hydroxylation sites is 1. The predicted molar refractivity (Wildman–Crippen MR) is 135 cm³/mol. The Balaban J connectivity index is 1.35. The number of anilines is 2. The van der Waals surface area contributed by atoms with E-state index in [0.29, 0.717) is 11.7 Å². The topological polar surface area (TPSA) is 53.5 Å². The van der Waals surface area contributed by atoms with Gasteiger partial charge in [-0.3, -0.25) is 14.5 Å². The minimum atomic E-state index is -0.111. The number of carbonyl (C=O) groups excluding carboxylic acids is 2. The highest BCUT2D eigenvalue weighted by atomic mass is 32.1. The number of hydrogen-bond acceptors (Lipinski definition) is 5. The van der Waals surface area contributed by atoms with E-state index in [1.54, 1.807) is 16.2 Å². The summed E-state index contributed by atoms with van der Waals surface area (Å²) in [6.07, 6.45) is 2.18. The second-order valence-electron chi connectivity index (χ2n) is 8.15. The molecule has 0 N–H and O–H groups in total. The molecular formula is C26H25N3O2S2. The molecule has 0 radical (unpaired) electrons. The molecule has 1 aliphatic rings. The molecule has 3 heterocycles. The van der Waals surface area contributed by atoms with Crippen LogP contribution in [0.25, 0.3) is 10.2 Å². The molecule has 2 aromatic carbocycles. The number of thiazole rings is 1. The maximum Gasteiger partial charge on any atom is 0.233 e. The minimum absolute atomic E-state index is 0.0331. The van der Waals surface area contributed by atoms with Crippen LogP contribution in [-0.4, -0.2) is 28.2 Å². The van der Waals surface area contributed by atoms with Gasteiger partial charge in [0.1, 0.15) is 0 Å². The number of hydrogen-bond donors (Lipinski definition) is 0. The van der Waals surface area contributed by atoms with Gasteiger partial charge in [0.25, 0.3) is 0 Å². The first kappa shape index (κ1) is 21.8. The van der Waals surface area contributed by atoms with Gasteiger partial charge >= 0.3 is 0 Å². The molecule has 0 saturated carbocycles. The van der Waals surface area contributed by atoms with Crippen LogP contribution in [0.1, 0.15) is 35.8 Å². The normalized spacial score (nSPS) is 13.2. The van der Waals surface area contributed by atoms with Crippen LogP contribution in [0.5, 0.6) is 0 Å². The van der Waals surface area contributed by atoms with Crippen LogP contribution in [0.3, 0.4) is 0 Å². The number of aryl methyl sites for hydroxylation is 1.